The third kappa shape index (κ3) is 3.23. The summed E-state index contributed by atoms with van der Waals surface area (Å²) in [5, 5.41) is 0. The van der Waals surface area contributed by atoms with Crippen LogP contribution < -0.4 is 9.64 Å². The maximum absolute atomic E-state index is 11.2. The fraction of sp³-hybridized carbons (Fsp3) is 0.500. The summed E-state index contributed by atoms with van der Waals surface area (Å²) in [6, 6.07) is 7.57. The Bertz CT molecular complexity index is 396. The second kappa shape index (κ2) is 5.87. The van der Waals surface area contributed by atoms with Crippen LogP contribution in [0.15, 0.2) is 24.3 Å². The molecule has 1 amide bonds. The Balaban J connectivity index is 1.88. The molecule has 1 aliphatic rings. The molecule has 18 heavy (non-hydrogen) atoms. The summed E-state index contributed by atoms with van der Waals surface area (Å²) in [4.78, 5) is 12.8. The van der Waals surface area contributed by atoms with Crippen LogP contribution in [0.3, 0.4) is 0 Å². The zero-order valence-corrected chi connectivity index (χ0v) is 10.9. The number of amides is 1. The summed E-state index contributed by atoms with van der Waals surface area (Å²) in [6.07, 6.45) is 1.07. The van der Waals surface area contributed by atoms with Crippen LogP contribution in [-0.4, -0.2) is 32.8 Å². The van der Waals surface area contributed by atoms with Gasteiger partial charge < -0.3 is 14.4 Å². The molecule has 4 heteroatoms. The van der Waals surface area contributed by atoms with Crippen LogP contribution in [0.4, 0.5) is 5.69 Å². The van der Waals surface area contributed by atoms with E-state index in [0.29, 0.717) is 12.5 Å². The van der Waals surface area contributed by atoms with Gasteiger partial charge in [0, 0.05) is 32.2 Å². The summed E-state index contributed by atoms with van der Waals surface area (Å²) in [7, 11) is 1.76. The lowest BCUT2D eigenvalue weighted by atomic mass is 10.1. The first-order valence-electron chi connectivity index (χ1n) is 6.21. The second-order valence-electron chi connectivity index (χ2n) is 4.61. The van der Waals surface area contributed by atoms with Crippen LogP contribution in [0, 0.1) is 5.92 Å². The lowest BCUT2D eigenvalue weighted by molar-refractivity contribution is -0.116. The van der Waals surface area contributed by atoms with Gasteiger partial charge in [0.25, 0.3) is 0 Å². The van der Waals surface area contributed by atoms with E-state index in [1.807, 2.05) is 24.3 Å². The van der Waals surface area contributed by atoms with Crippen molar-refractivity contribution in [1.82, 2.24) is 0 Å². The Hall–Kier alpha value is -1.55. The fourth-order valence-corrected chi connectivity index (χ4v) is 1.88. The first-order valence-corrected chi connectivity index (χ1v) is 6.21. The molecule has 0 bridgehead atoms. The van der Waals surface area contributed by atoms with Gasteiger partial charge in [0.2, 0.25) is 5.91 Å². The standard InChI is InChI=1S/C14H19NO3/c1-11(16)15(2)13-3-5-14(6-4-13)18-10-12-7-8-17-9-12/h3-6,12H,7-10H2,1-2H3. The molecule has 1 fully saturated rings. The topological polar surface area (TPSA) is 38.8 Å². The van der Waals surface area contributed by atoms with Gasteiger partial charge in [0.15, 0.2) is 0 Å². The molecule has 0 radical (unpaired) electrons. The van der Waals surface area contributed by atoms with E-state index >= 15 is 0 Å². The molecule has 1 aromatic carbocycles. The van der Waals surface area contributed by atoms with Crippen LogP contribution in [-0.2, 0) is 9.53 Å². The molecule has 0 aromatic heterocycles. The predicted molar refractivity (Wildman–Crippen MR) is 69.9 cm³/mol. The Morgan fingerprint density at radius 1 is 1.44 bits per heavy atom. The molecule has 0 N–H and O–H groups in total. The van der Waals surface area contributed by atoms with Crippen molar-refractivity contribution in [3.8, 4) is 5.75 Å². The van der Waals surface area contributed by atoms with Crippen molar-refractivity contribution >= 4 is 11.6 Å². The lowest BCUT2D eigenvalue weighted by Gasteiger charge is -2.16. The molecule has 1 atom stereocenters. The molecule has 1 aromatic rings. The van der Waals surface area contributed by atoms with E-state index < -0.39 is 0 Å². The zero-order valence-electron chi connectivity index (χ0n) is 10.9. The average Bonchev–Trinajstić information content (AvgIpc) is 2.89. The van der Waals surface area contributed by atoms with E-state index in [1.54, 1.807) is 18.9 Å². The number of carbonyl (C=O) groups is 1. The summed E-state index contributed by atoms with van der Waals surface area (Å²) in [5.41, 5.74) is 0.874. The number of hydrogen-bond acceptors (Lipinski definition) is 3. The highest BCUT2D eigenvalue weighted by atomic mass is 16.5. The maximum Gasteiger partial charge on any atom is 0.223 e. The van der Waals surface area contributed by atoms with Crippen LogP contribution in [0.5, 0.6) is 5.75 Å². The Kier molecular flexibility index (Phi) is 4.20. The van der Waals surface area contributed by atoms with E-state index in [2.05, 4.69) is 0 Å². The number of rotatable bonds is 4. The van der Waals surface area contributed by atoms with Gasteiger partial charge in [-0.1, -0.05) is 0 Å². The molecular formula is C14H19NO3. The quantitative estimate of drug-likeness (QED) is 0.820. The van der Waals surface area contributed by atoms with E-state index in [1.165, 1.54) is 0 Å². The van der Waals surface area contributed by atoms with Gasteiger partial charge in [-0.3, -0.25) is 4.79 Å². The number of anilines is 1. The Morgan fingerprint density at radius 2 is 2.17 bits per heavy atom. The molecule has 1 heterocycles. The predicted octanol–water partition coefficient (Wildman–Crippen LogP) is 2.08. The molecule has 1 unspecified atom stereocenters. The first kappa shape index (κ1) is 12.9. The van der Waals surface area contributed by atoms with Gasteiger partial charge in [0.05, 0.1) is 13.2 Å². The van der Waals surface area contributed by atoms with Crippen molar-refractivity contribution in [3.63, 3.8) is 0 Å². The van der Waals surface area contributed by atoms with Gasteiger partial charge in [-0.2, -0.15) is 0 Å². The van der Waals surface area contributed by atoms with Gasteiger partial charge in [0.1, 0.15) is 5.75 Å². The minimum absolute atomic E-state index is 0.0202. The van der Waals surface area contributed by atoms with Crippen LogP contribution in [0.1, 0.15) is 13.3 Å². The van der Waals surface area contributed by atoms with Gasteiger partial charge in [-0.15, -0.1) is 0 Å². The third-order valence-electron chi connectivity index (χ3n) is 3.21. The second-order valence-corrected chi connectivity index (χ2v) is 4.61. The number of ether oxygens (including phenoxy) is 2. The minimum atomic E-state index is 0.0202. The molecule has 1 aliphatic heterocycles. The van der Waals surface area contributed by atoms with Gasteiger partial charge in [-0.25, -0.2) is 0 Å². The monoisotopic (exact) mass is 249 g/mol. The van der Waals surface area contributed by atoms with Crippen molar-refractivity contribution in [3.05, 3.63) is 24.3 Å². The van der Waals surface area contributed by atoms with Crippen LogP contribution in [0.25, 0.3) is 0 Å². The van der Waals surface area contributed by atoms with Crippen molar-refractivity contribution in [2.45, 2.75) is 13.3 Å². The van der Waals surface area contributed by atoms with E-state index in [4.69, 9.17) is 9.47 Å². The fourth-order valence-electron chi connectivity index (χ4n) is 1.88. The average molecular weight is 249 g/mol. The number of carbonyl (C=O) groups excluding carboxylic acids is 1. The normalized spacial score (nSPS) is 18.7. The van der Waals surface area contributed by atoms with E-state index in [9.17, 15) is 4.79 Å². The molecule has 4 nitrogen and oxygen atoms in total. The van der Waals surface area contributed by atoms with Crippen molar-refractivity contribution < 1.29 is 14.3 Å². The molecule has 0 saturated carbocycles. The SMILES string of the molecule is CC(=O)N(C)c1ccc(OCC2CCOC2)cc1. The van der Waals surface area contributed by atoms with E-state index in [0.717, 1.165) is 31.1 Å². The highest BCUT2D eigenvalue weighted by molar-refractivity contribution is 5.90. The van der Waals surface area contributed by atoms with Crippen LogP contribution in [0.2, 0.25) is 0 Å². The van der Waals surface area contributed by atoms with Crippen molar-refractivity contribution in [2.24, 2.45) is 5.92 Å². The summed E-state index contributed by atoms with van der Waals surface area (Å²) in [5.74, 6) is 1.36. The van der Waals surface area contributed by atoms with Gasteiger partial charge in [-0.05, 0) is 30.7 Å². The molecule has 0 aliphatic carbocycles. The smallest absolute Gasteiger partial charge is 0.223 e. The minimum Gasteiger partial charge on any atom is -0.493 e. The number of benzene rings is 1. The van der Waals surface area contributed by atoms with Gasteiger partial charge >= 0.3 is 0 Å². The zero-order chi connectivity index (χ0) is 13.0. The first-order chi connectivity index (χ1) is 8.66. The lowest BCUT2D eigenvalue weighted by Crippen LogP contribution is -2.22. The molecular weight excluding hydrogens is 230 g/mol. The summed E-state index contributed by atoms with van der Waals surface area (Å²) < 4.78 is 11.0. The molecule has 1 saturated heterocycles. The maximum atomic E-state index is 11.2. The third-order valence-corrected chi connectivity index (χ3v) is 3.21. The van der Waals surface area contributed by atoms with Crippen molar-refractivity contribution in [1.29, 1.82) is 0 Å². The molecule has 98 valence electrons. The highest BCUT2D eigenvalue weighted by Gasteiger charge is 2.16. The highest BCUT2D eigenvalue weighted by Crippen LogP contribution is 2.20. The van der Waals surface area contributed by atoms with Crippen molar-refractivity contribution in [2.75, 3.05) is 31.8 Å². The van der Waals surface area contributed by atoms with Crippen LogP contribution >= 0.6 is 0 Å². The summed E-state index contributed by atoms with van der Waals surface area (Å²) in [6.45, 7) is 3.88. The largest absolute Gasteiger partial charge is 0.493 e. The van der Waals surface area contributed by atoms with E-state index in [-0.39, 0.29) is 5.91 Å². The Labute approximate surface area is 107 Å². The number of nitrogens with zero attached hydrogens (tertiary/aromatic N) is 1. The Morgan fingerprint density at radius 3 is 2.72 bits per heavy atom. The molecule has 2 rings (SSSR count). The summed E-state index contributed by atoms with van der Waals surface area (Å²) >= 11 is 0. The molecule has 0 spiro atoms. The number of hydrogen-bond donors (Lipinski definition) is 0.